The van der Waals surface area contributed by atoms with Crippen molar-refractivity contribution in [1.29, 1.82) is 0 Å². The van der Waals surface area contributed by atoms with Gasteiger partial charge in [0.15, 0.2) is 11.5 Å². The lowest BCUT2D eigenvalue weighted by atomic mass is 10.1. The van der Waals surface area contributed by atoms with Crippen LogP contribution in [0.15, 0.2) is 42.0 Å². The summed E-state index contributed by atoms with van der Waals surface area (Å²) in [4.78, 5) is 43.5. The highest BCUT2D eigenvalue weighted by atomic mass is 19.1. The summed E-state index contributed by atoms with van der Waals surface area (Å²) in [6.45, 7) is 11.1. The highest BCUT2D eigenvalue weighted by molar-refractivity contribution is 5.91. The number of piperazine rings is 1. The van der Waals surface area contributed by atoms with Gasteiger partial charge in [-0.2, -0.15) is 4.98 Å². The van der Waals surface area contributed by atoms with E-state index in [1.54, 1.807) is 17.2 Å². The number of amides is 1. The van der Waals surface area contributed by atoms with Crippen LogP contribution in [0.3, 0.4) is 0 Å². The molecule has 0 radical (unpaired) electrons. The highest BCUT2D eigenvalue weighted by Gasteiger charge is 2.31. The Balaban J connectivity index is 1.65. The molecule has 2 aliphatic heterocycles. The van der Waals surface area contributed by atoms with Crippen molar-refractivity contribution in [3.05, 3.63) is 59.2 Å². The van der Waals surface area contributed by atoms with Crippen molar-refractivity contribution in [2.75, 3.05) is 31.1 Å². The maximum Gasteiger partial charge on any atom is 0.356 e. The number of hydrogen-bond acceptors (Lipinski definition) is 9. The van der Waals surface area contributed by atoms with Crippen LogP contribution in [-0.4, -0.2) is 77.6 Å². The van der Waals surface area contributed by atoms with Gasteiger partial charge in [-0.25, -0.2) is 23.4 Å². The van der Waals surface area contributed by atoms with Crippen molar-refractivity contribution in [2.24, 2.45) is 0 Å². The summed E-state index contributed by atoms with van der Waals surface area (Å²) in [6, 6.07) is 2.84. The monoisotopic (exact) mass is 545 g/mol. The molecule has 13 heteroatoms. The second-order valence-corrected chi connectivity index (χ2v) is 10.2. The van der Waals surface area contributed by atoms with E-state index in [4.69, 9.17) is 9.72 Å². The quantitative estimate of drug-likeness (QED) is 0.357. The number of rotatable bonds is 3. The molecule has 4 aromatic rings. The number of anilines is 1. The Hall–Kier alpha value is -4.68. The number of halogens is 1. The zero-order chi connectivity index (χ0) is 28.1. The van der Waals surface area contributed by atoms with Gasteiger partial charge in [-0.15, -0.1) is 5.10 Å². The largest absolute Gasteiger partial charge is 0.489 e. The van der Waals surface area contributed by atoms with Crippen molar-refractivity contribution in [2.45, 2.75) is 39.3 Å². The van der Waals surface area contributed by atoms with Gasteiger partial charge in [0.1, 0.15) is 35.2 Å². The van der Waals surface area contributed by atoms with Crippen LogP contribution < -0.4 is 15.3 Å². The number of fused-ring (bicyclic) bond motifs is 5. The first-order chi connectivity index (χ1) is 19.3. The lowest BCUT2D eigenvalue weighted by Gasteiger charge is -2.40. The first kappa shape index (κ1) is 25.6. The number of hydrogen-bond donors (Lipinski definition) is 0. The maximum atomic E-state index is 15.8. The zero-order valence-corrected chi connectivity index (χ0v) is 22.4. The minimum absolute atomic E-state index is 0.00989. The van der Waals surface area contributed by atoms with E-state index in [1.165, 1.54) is 27.6 Å². The van der Waals surface area contributed by atoms with Crippen LogP contribution in [0.1, 0.15) is 32.4 Å². The lowest BCUT2D eigenvalue weighted by molar-refractivity contribution is -0.126. The van der Waals surface area contributed by atoms with E-state index >= 15 is 4.39 Å². The minimum atomic E-state index is -0.604. The van der Waals surface area contributed by atoms with Crippen LogP contribution in [0.5, 0.6) is 5.75 Å². The van der Waals surface area contributed by atoms with Crippen LogP contribution in [0.2, 0.25) is 0 Å². The first-order valence-corrected chi connectivity index (χ1v) is 13.1. The fraction of sp³-hybridized carbons (Fsp3) is 0.370. The van der Waals surface area contributed by atoms with Crippen molar-refractivity contribution in [1.82, 2.24) is 39.4 Å². The predicted octanol–water partition coefficient (Wildman–Crippen LogP) is 2.31. The topological polar surface area (TPSA) is 124 Å². The van der Waals surface area contributed by atoms with E-state index in [2.05, 4.69) is 26.9 Å². The molecule has 2 bridgehead atoms. The van der Waals surface area contributed by atoms with Gasteiger partial charge in [0, 0.05) is 37.9 Å². The SMILES string of the molecule is C=CC(=O)N1CCN(c2nc(=O)n3c4nc(c(F)cc24)-c2cnnn2CCOc2ccnc(C(C)C)c2-3)[C@@H](C)C1. The fourth-order valence-corrected chi connectivity index (χ4v) is 5.37. The molecule has 1 saturated heterocycles. The van der Waals surface area contributed by atoms with Crippen LogP contribution in [0.25, 0.3) is 28.1 Å². The number of carbonyl (C=O) groups excluding carboxylic acids is 1. The summed E-state index contributed by atoms with van der Waals surface area (Å²) in [5.41, 5.74) is 1.01. The molecule has 0 unspecified atom stereocenters. The van der Waals surface area contributed by atoms with Gasteiger partial charge in [0.05, 0.1) is 23.8 Å². The van der Waals surface area contributed by atoms with Crippen molar-refractivity contribution in [3.63, 3.8) is 0 Å². The molecule has 40 heavy (non-hydrogen) atoms. The second-order valence-electron chi connectivity index (χ2n) is 10.2. The van der Waals surface area contributed by atoms with E-state index in [-0.39, 0.29) is 42.4 Å². The molecule has 6 rings (SSSR count). The van der Waals surface area contributed by atoms with E-state index in [9.17, 15) is 9.59 Å². The number of carbonyl (C=O) groups is 1. The Bertz CT molecular complexity index is 1710. The summed E-state index contributed by atoms with van der Waals surface area (Å²) >= 11 is 0. The minimum Gasteiger partial charge on any atom is -0.489 e. The Morgan fingerprint density at radius 1 is 1.25 bits per heavy atom. The second kappa shape index (κ2) is 9.81. The van der Waals surface area contributed by atoms with Crippen molar-refractivity contribution >= 4 is 22.8 Å². The van der Waals surface area contributed by atoms with Gasteiger partial charge < -0.3 is 14.5 Å². The number of nitrogens with zero attached hydrogens (tertiary/aromatic N) is 9. The number of aromatic nitrogens is 7. The van der Waals surface area contributed by atoms with Crippen LogP contribution >= 0.6 is 0 Å². The average Bonchev–Trinajstić information content (AvgIpc) is 3.39. The Morgan fingerprint density at radius 3 is 2.83 bits per heavy atom. The van der Waals surface area contributed by atoms with E-state index in [0.29, 0.717) is 53.7 Å². The summed E-state index contributed by atoms with van der Waals surface area (Å²) in [6.07, 6.45) is 4.35. The molecule has 1 amide bonds. The average molecular weight is 546 g/mol. The molecule has 4 aromatic heterocycles. The first-order valence-electron chi connectivity index (χ1n) is 13.1. The lowest BCUT2D eigenvalue weighted by Crippen LogP contribution is -2.54. The van der Waals surface area contributed by atoms with Gasteiger partial charge >= 0.3 is 5.69 Å². The standard InChI is InChI=1S/C27H28FN9O3/c1-5-21(38)34-8-9-35(16(4)14-34)25-17-12-18(28)23-19-13-30-33-36(19)10-11-40-20-6-7-29-22(15(2)3)24(20)37(26(17)31-23)27(39)32-25/h5-7,12-13,15-16H,1,8-11,14H2,2-4H3/t16-/m0/s1. The molecule has 1 fully saturated rings. The summed E-state index contributed by atoms with van der Waals surface area (Å²) < 4.78 is 24.9. The summed E-state index contributed by atoms with van der Waals surface area (Å²) in [5, 5.41) is 8.39. The molecule has 2 aliphatic rings. The van der Waals surface area contributed by atoms with E-state index < -0.39 is 11.5 Å². The molecule has 0 aromatic carbocycles. The Labute approximate surface area is 228 Å². The van der Waals surface area contributed by atoms with Gasteiger partial charge in [-0.05, 0) is 25.0 Å². The Kier molecular flexibility index (Phi) is 6.28. The molecular weight excluding hydrogens is 517 g/mol. The van der Waals surface area contributed by atoms with E-state index in [1.807, 2.05) is 25.7 Å². The zero-order valence-electron chi connectivity index (χ0n) is 22.4. The summed E-state index contributed by atoms with van der Waals surface area (Å²) in [5.74, 6) is -0.115. The normalized spacial score (nSPS) is 16.9. The third-order valence-electron chi connectivity index (χ3n) is 7.29. The predicted molar refractivity (Wildman–Crippen MR) is 145 cm³/mol. The highest BCUT2D eigenvalue weighted by Crippen LogP contribution is 2.35. The molecule has 0 N–H and O–H groups in total. The smallest absolute Gasteiger partial charge is 0.356 e. The maximum absolute atomic E-state index is 15.8. The molecule has 1 atom stereocenters. The molecule has 12 nitrogen and oxygen atoms in total. The molecule has 0 spiro atoms. The fourth-order valence-electron chi connectivity index (χ4n) is 5.37. The number of ether oxygens (including phenoxy) is 1. The molecule has 6 heterocycles. The van der Waals surface area contributed by atoms with Crippen LogP contribution in [-0.2, 0) is 11.3 Å². The van der Waals surface area contributed by atoms with Crippen molar-refractivity contribution < 1.29 is 13.9 Å². The number of pyridine rings is 2. The van der Waals surface area contributed by atoms with Gasteiger partial charge in [-0.1, -0.05) is 25.6 Å². The molecule has 0 aliphatic carbocycles. The van der Waals surface area contributed by atoms with Crippen LogP contribution in [0.4, 0.5) is 10.2 Å². The molecular formula is C27H28FN9O3. The van der Waals surface area contributed by atoms with Gasteiger partial charge in [0.25, 0.3) is 0 Å². The van der Waals surface area contributed by atoms with Gasteiger partial charge in [-0.3, -0.25) is 9.78 Å². The third kappa shape index (κ3) is 4.08. The summed E-state index contributed by atoms with van der Waals surface area (Å²) in [7, 11) is 0. The molecule has 0 saturated carbocycles. The van der Waals surface area contributed by atoms with Gasteiger partial charge in [0.2, 0.25) is 5.91 Å². The third-order valence-corrected chi connectivity index (χ3v) is 7.29. The molecule has 206 valence electrons. The van der Waals surface area contributed by atoms with Crippen LogP contribution in [0, 0.1) is 5.82 Å². The Morgan fingerprint density at radius 2 is 2.08 bits per heavy atom. The van der Waals surface area contributed by atoms with Crippen molar-refractivity contribution in [3.8, 4) is 22.8 Å². The van der Waals surface area contributed by atoms with E-state index in [0.717, 1.165) is 0 Å².